The van der Waals surface area contributed by atoms with Crippen LogP contribution in [0, 0.1) is 11.8 Å². The Morgan fingerprint density at radius 1 is 1.67 bits per heavy atom. The molecular weight excluding hydrogens is 158 g/mol. The van der Waals surface area contributed by atoms with Crippen molar-refractivity contribution in [3.05, 3.63) is 0 Å². The van der Waals surface area contributed by atoms with Crippen LogP contribution >= 0.6 is 0 Å². The second kappa shape index (κ2) is 3.87. The Morgan fingerprint density at radius 2 is 2.33 bits per heavy atom. The Balaban J connectivity index is 2.53. The number of piperidine rings is 1. The normalized spacial score (nSPS) is 32.8. The lowest BCUT2D eigenvalue weighted by molar-refractivity contribution is -0.145. The van der Waals surface area contributed by atoms with E-state index in [4.69, 9.17) is 5.11 Å². The van der Waals surface area contributed by atoms with E-state index < -0.39 is 18.0 Å². The SMILES string of the molecule is CC(C(=O)O)C1CNCCC1O. The number of carbonyl (C=O) groups is 1. The first-order valence-electron chi connectivity index (χ1n) is 4.24. The second-order valence-electron chi connectivity index (χ2n) is 3.35. The van der Waals surface area contributed by atoms with E-state index in [2.05, 4.69) is 5.32 Å². The van der Waals surface area contributed by atoms with E-state index in [1.165, 1.54) is 0 Å². The average molecular weight is 173 g/mol. The maximum absolute atomic E-state index is 10.6. The number of rotatable bonds is 2. The van der Waals surface area contributed by atoms with Crippen LogP contribution in [0.1, 0.15) is 13.3 Å². The predicted molar refractivity (Wildman–Crippen MR) is 43.8 cm³/mol. The lowest BCUT2D eigenvalue weighted by Crippen LogP contribution is -2.44. The summed E-state index contributed by atoms with van der Waals surface area (Å²) in [7, 11) is 0. The summed E-state index contributed by atoms with van der Waals surface area (Å²) in [5.41, 5.74) is 0. The van der Waals surface area contributed by atoms with Crippen molar-refractivity contribution >= 4 is 5.97 Å². The Kier molecular flexibility index (Phi) is 3.05. The highest BCUT2D eigenvalue weighted by atomic mass is 16.4. The zero-order chi connectivity index (χ0) is 9.14. The number of nitrogens with one attached hydrogen (secondary N) is 1. The molecule has 0 amide bonds. The van der Waals surface area contributed by atoms with Crippen LogP contribution in [-0.2, 0) is 4.79 Å². The van der Waals surface area contributed by atoms with Gasteiger partial charge in [-0.2, -0.15) is 0 Å². The third kappa shape index (κ3) is 1.95. The minimum absolute atomic E-state index is 0.142. The molecule has 1 heterocycles. The Bertz CT molecular complexity index is 172. The highest BCUT2D eigenvalue weighted by Gasteiger charge is 2.31. The van der Waals surface area contributed by atoms with E-state index in [0.29, 0.717) is 13.0 Å². The molecule has 1 fully saturated rings. The Hall–Kier alpha value is -0.610. The van der Waals surface area contributed by atoms with Crippen LogP contribution in [0.4, 0.5) is 0 Å². The van der Waals surface area contributed by atoms with Crippen molar-refractivity contribution in [1.82, 2.24) is 5.32 Å². The van der Waals surface area contributed by atoms with Gasteiger partial charge in [-0.15, -0.1) is 0 Å². The second-order valence-corrected chi connectivity index (χ2v) is 3.35. The highest BCUT2D eigenvalue weighted by Crippen LogP contribution is 2.20. The number of hydrogen-bond donors (Lipinski definition) is 3. The molecular formula is C8H15NO3. The predicted octanol–water partition coefficient (Wildman–Crippen LogP) is -0.323. The summed E-state index contributed by atoms with van der Waals surface area (Å²) in [6.45, 7) is 3.03. The van der Waals surface area contributed by atoms with E-state index >= 15 is 0 Å². The van der Waals surface area contributed by atoms with Gasteiger partial charge in [-0.1, -0.05) is 6.92 Å². The van der Waals surface area contributed by atoms with Gasteiger partial charge in [-0.05, 0) is 13.0 Å². The number of aliphatic hydroxyl groups excluding tert-OH is 1. The molecule has 3 atom stereocenters. The topological polar surface area (TPSA) is 69.6 Å². The molecule has 1 aliphatic rings. The Labute approximate surface area is 71.6 Å². The van der Waals surface area contributed by atoms with Crippen LogP contribution in [0.2, 0.25) is 0 Å². The summed E-state index contributed by atoms with van der Waals surface area (Å²) in [5, 5.41) is 21.3. The molecule has 4 heteroatoms. The van der Waals surface area contributed by atoms with Gasteiger partial charge < -0.3 is 15.5 Å². The first-order chi connectivity index (χ1) is 5.63. The van der Waals surface area contributed by atoms with Gasteiger partial charge in [0.25, 0.3) is 0 Å². The van der Waals surface area contributed by atoms with Crippen molar-refractivity contribution in [2.45, 2.75) is 19.4 Å². The molecule has 3 N–H and O–H groups in total. The molecule has 0 spiro atoms. The van der Waals surface area contributed by atoms with Crippen LogP contribution < -0.4 is 5.32 Å². The summed E-state index contributed by atoms with van der Waals surface area (Å²) in [4.78, 5) is 10.6. The lowest BCUT2D eigenvalue weighted by atomic mass is 9.85. The minimum Gasteiger partial charge on any atom is -0.481 e. The quantitative estimate of drug-likeness (QED) is 0.535. The smallest absolute Gasteiger partial charge is 0.306 e. The number of hydrogen-bond acceptors (Lipinski definition) is 3. The molecule has 0 saturated carbocycles. The third-order valence-electron chi connectivity index (χ3n) is 2.52. The van der Waals surface area contributed by atoms with Crippen LogP contribution in [0.15, 0.2) is 0 Å². The van der Waals surface area contributed by atoms with Gasteiger partial charge >= 0.3 is 5.97 Å². The fraction of sp³-hybridized carbons (Fsp3) is 0.875. The van der Waals surface area contributed by atoms with Crippen molar-refractivity contribution in [1.29, 1.82) is 0 Å². The molecule has 0 aliphatic carbocycles. The van der Waals surface area contributed by atoms with Gasteiger partial charge in [0, 0.05) is 12.5 Å². The zero-order valence-electron chi connectivity index (χ0n) is 7.16. The molecule has 0 bridgehead atoms. The number of aliphatic carboxylic acids is 1. The molecule has 0 radical (unpaired) electrons. The van der Waals surface area contributed by atoms with E-state index in [1.807, 2.05) is 0 Å². The van der Waals surface area contributed by atoms with Crippen molar-refractivity contribution in [2.24, 2.45) is 11.8 Å². The molecule has 4 nitrogen and oxygen atoms in total. The van der Waals surface area contributed by atoms with E-state index in [1.54, 1.807) is 6.92 Å². The number of aliphatic hydroxyl groups is 1. The molecule has 1 rings (SSSR count). The first-order valence-corrected chi connectivity index (χ1v) is 4.24. The summed E-state index contributed by atoms with van der Waals surface area (Å²) in [6.07, 6.45) is 0.194. The highest BCUT2D eigenvalue weighted by molar-refractivity contribution is 5.70. The lowest BCUT2D eigenvalue weighted by Gasteiger charge is -2.30. The maximum Gasteiger partial charge on any atom is 0.306 e. The Morgan fingerprint density at radius 3 is 2.83 bits per heavy atom. The third-order valence-corrected chi connectivity index (χ3v) is 2.52. The van der Waals surface area contributed by atoms with Gasteiger partial charge in [0.2, 0.25) is 0 Å². The van der Waals surface area contributed by atoms with Crippen molar-refractivity contribution in [3.8, 4) is 0 Å². The minimum atomic E-state index is -0.831. The molecule has 3 unspecified atom stereocenters. The van der Waals surface area contributed by atoms with Crippen LogP contribution in [-0.4, -0.2) is 35.4 Å². The van der Waals surface area contributed by atoms with Gasteiger partial charge in [-0.25, -0.2) is 0 Å². The number of carboxylic acids is 1. The standard InChI is InChI=1S/C8H15NO3/c1-5(8(11)12)6-4-9-3-2-7(6)10/h5-7,9-10H,2-4H2,1H3,(H,11,12). The summed E-state index contributed by atoms with van der Waals surface area (Å²) >= 11 is 0. The molecule has 1 aliphatic heterocycles. The van der Waals surface area contributed by atoms with E-state index in [0.717, 1.165) is 6.54 Å². The molecule has 0 aromatic carbocycles. The van der Waals surface area contributed by atoms with E-state index in [9.17, 15) is 9.90 Å². The monoisotopic (exact) mass is 173 g/mol. The molecule has 0 aromatic rings. The molecule has 12 heavy (non-hydrogen) atoms. The van der Waals surface area contributed by atoms with Crippen molar-refractivity contribution in [2.75, 3.05) is 13.1 Å². The molecule has 0 aromatic heterocycles. The fourth-order valence-electron chi connectivity index (χ4n) is 1.56. The van der Waals surface area contributed by atoms with Crippen molar-refractivity contribution in [3.63, 3.8) is 0 Å². The van der Waals surface area contributed by atoms with Gasteiger partial charge in [0.1, 0.15) is 0 Å². The fourth-order valence-corrected chi connectivity index (χ4v) is 1.56. The summed E-state index contributed by atoms with van der Waals surface area (Å²) < 4.78 is 0. The van der Waals surface area contributed by atoms with Crippen LogP contribution in [0.25, 0.3) is 0 Å². The van der Waals surface area contributed by atoms with Gasteiger partial charge in [0.15, 0.2) is 0 Å². The largest absolute Gasteiger partial charge is 0.481 e. The molecule has 70 valence electrons. The summed E-state index contributed by atoms with van der Waals surface area (Å²) in [5.74, 6) is -1.44. The van der Waals surface area contributed by atoms with Crippen LogP contribution in [0.3, 0.4) is 0 Å². The summed E-state index contributed by atoms with van der Waals surface area (Å²) in [6, 6.07) is 0. The van der Waals surface area contributed by atoms with Gasteiger partial charge in [-0.3, -0.25) is 4.79 Å². The molecule has 1 saturated heterocycles. The van der Waals surface area contributed by atoms with E-state index in [-0.39, 0.29) is 5.92 Å². The first kappa shape index (κ1) is 9.48. The zero-order valence-corrected chi connectivity index (χ0v) is 7.16. The van der Waals surface area contributed by atoms with Crippen molar-refractivity contribution < 1.29 is 15.0 Å². The van der Waals surface area contributed by atoms with Gasteiger partial charge in [0.05, 0.1) is 12.0 Å². The van der Waals surface area contributed by atoms with Crippen LogP contribution in [0.5, 0.6) is 0 Å². The number of carboxylic acid groups (broad SMARTS) is 1. The maximum atomic E-state index is 10.6. The average Bonchev–Trinajstić information content (AvgIpc) is 2.04.